The van der Waals surface area contributed by atoms with Crippen LogP contribution < -0.4 is 0 Å². The van der Waals surface area contributed by atoms with Gasteiger partial charge in [0.2, 0.25) is 6.29 Å². The SMILES string of the molecule is O=[C]c1ccc2[nH]ccc2c1. The third kappa shape index (κ3) is 0.923. The Morgan fingerprint density at radius 2 is 2.18 bits per heavy atom. The Hall–Kier alpha value is -1.57. The molecular formula is C9H6NO. The molecule has 1 radical (unpaired) electrons. The van der Waals surface area contributed by atoms with Gasteiger partial charge < -0.3 is 4.98 Å². The zero-order valence-corrected chi connectivity index (χ0v) is 5.79. The fourth-order valence-electron chi connectivity index (χ4n) is 1.12. The van der Waals surface area contributed by atoms with Gasteiger partial charge in [0.05, 0.1) is 0 Å². The summed E-state index contributed by atoms with van der Waals surface area (Å²) in [4.78, 5) is 13.3. The molecule has 1 heterocycles. The van der Waals surface area contributed by atoms with E-state index in [1.807, 2.05) is 24.6 Å². The second-order valence-electron chi connectivity index (χ2n) is 2.38. The van der Waals surface area contributed by atoms with E-state index in [9.17, 15) is 4.79 Å². The van der Waals surface area contributed by atoms with Gasteiger partial charge in [-0.25, -0.2) is 0 Å². The lowest BCUT2D eigenvalue weighted by Crippen LogP contribution is -1.77. The van der Waals surface area contributed by atoms with Gasteiger partial charge in [-0.3, -0.25) is 4.79 Å². The molecule has 0 bridgehead atoms. The van der Waals surface area contributed by atoms with E-state index in [2.05, 4.69) is 4.98 Å². The molecule has 2 heteroatoms. The minimum atomic E-state index is 0.595. The molecule has 11 heavy (non-hydrogen) atoms. The Balaban J connectivity index is 2.76. The van der Waals surface area contributed by atoms with E-state index < -0.39 is 0 Å². The van der Waals surface area contributed by atoms with Crippen LogP contribution >= 0.6 is 0 Å². The van der Waals surface area contributed by atoms with Gasteiger partial charge in [-0.05, 0) is 24.3 Å². The predicted molar refractivity (Wildman–Crippen MR) is 43.1 cm³/mol. The van der Waals surface area contributed by atoms with Crippen molar-refractivity contribution in [3.8, 4) is 0 Å². The highest BCUT2D eigenvalue weighted by Gasteiger charge is 1.94. The minimum Gasteiger partial charge on any atom is -0.361 e. The molecule has 0 saturated carbocycles. The topological polar surface area (TPSA) is 32.9 Å². The number of aromatic amines is 1. The smallest absolute Gasteiger partial charge is 0.233 e. The van der Waals surface area contributed by atoms with Gasteiger partial charge in [0.1, 0.15) is 0 Å². The number of hydrogen-bond acceptors (Lipinski definition) is 1. The molecule has 53 valence electrons. The normalized spacial score (nSPS) is 10.2. The monoisotopic (exact) mass is 144 g/mol. The van der Waals surface area contributed by atoms with Crippen LogP contribution in [0.5, 0.6) is 0 Å². The molecule has 0 aliphatic rings. The summed E-state index contributed by atoms with van der Waals surface area (Å²) in [5.74, 6) is 0. The molecule has 0 aliphatic carbocycles. The molecule has 0 saturated heterocycles. The molecular weight excluding hydrogens is 138 g/mol. The van der Waals surface area contributed by atoms with Crippen molar-refractivity contribution in [3.63, 3.8) is 0 Å². The number of hydrogen-bond donors (Lipinski definition) is 1. The van der Waals surface area contributed by atoms with Crippen molar-refractivity contribution in [1.29, 1.82) is 0 Å². The van der Waals surface area contributed by atoms with Crippen molar-refractivity contribution in [2.24, 2.45) is 0 Å². The Kier molecular flexibility index (Phi) is 1.25. The quantitative estimate of drug-likeness (QED) is 0.648. The number of aromatic nitrogens is 1. The van der Waals surface area contributed by atoms with Crippen molar-refractivity contribution in [2.45, 2.75) is 0 Å². The van der Waals surface area contributed by atoms with Crippen molar-refractivity contribution in [2.75, 3.05) is 0 Å². The Bertz CT molecular complexity index is 389. The zero-order valence-electron chi connectivity index (χ0n) is 5.79. The third-order valence-electron chi connectivity index (χ3n) is 1.67. The first kappa shape index (κ1) is 6.16. The highest BCUT2D eigenvalue weighted by atomic mass is 16.1. The first-order valence-electron chi connectivity index (χ1n) is 3.35. The molecule has 2 rings (SSSR count). The van der Waals surface area contributed by atoms with Gasteiger partial charge in [0.25, 0.3) is 0 Å². The van der Waals surface area contributed by atoms with Crippen LogP contribution in [-0.2, 0) is 4.79 Å². The van der Waals surface area contributed by atoms with Crippen LogP contribution in [0.2, 0.25) is 0 Å². The summed E-state index contributed by atoms with van der Waals surface area (Å²) in [5, 5.41) is 1.05. The van der Waals surface area contributed by atoms with E-state index in [0.717, 1.165) is 10.9 Å². The maximum absolute atomic E-state index is 10.2. The fourth-order valence-corrected chi connectivity index (χ4v) is 1.12. The Morgan fingerprint density at radius 1 is 1.27 bits per heavy atom. The number of fused-ring (bicyclic) bond motifs is 1. The van der Waals surface area contributed by atoms with Crippen molar-refractivity contribution < 1.29 is 4.79 Å². The van der Waals surface area contributed by atoms with E-state index in [1.54, 1.807) is 12.1 Å². The second kappa shape index (κ2) is 2.23. The summed E-state index contributed by atoms with van der Waals surface area (Å²) >= 11 is 0. The molecule has 0 amide bonds. The van der Waals surface area contributed by atoms with Crippen molar-refractivity contribution in [1.82, 2.24) is 4.98 Å². The summed E-state index contributed by atoms with van der Waals surface area (Å²) in [6.07, 6.45) is 3.69. The molecule has 0 fully saturated rings. The van der Waals surface area contributed by atoms with Gasteiger partial charge in [0, 0.05) is 22.7 Å². The summed E-state index contributed by atoms with van der Waals surface area (Å²) in [6, 6.07) is 7.34. The average molecular weight is 144 g/mol. The van der Waals surface area contributed by atoms with Gasteiger partial charge in [-0.2, -0.15) is 0 Å². The van der Waals surface area contributed by atoms with Crippen LogP contribution in [0.4, 0.5) is 0 Å². The fraction of sp³-hybridized carbons (Fsp3) is 0. The number of benzene rings is 1. The third-order valence-corrected chi connectivity index (χ3v) is 1.67. The van der Waals surface area contributed by atoms with Crippen molar-refractivity contribution >= 4 is 17.2 Å². The number of carbonyl (C=O) groups excluding carboxylic acids is 1. The number of nitrogens with one attached hydrogen (secondary N) is 1. The first-order valence-corrected chi connectivity index (χ1v) is 3.35. The molecule has 0 aliphatic heterocycles. The summed E-state index contributed by atoms with van der Waals surface area (Å²) in [6.45, 7) is 0. The zero-order chi connectivity index (χ0) is 7.68. The largest absolute Gasteiger partial charge is 0.361 e. The molecule has 0 spiro atoms. The molecule has 2 aromatic rings. The van der Waals surface area contributed by atoms with Gasteiger partial charge >= 0.3 is 0 Å². The summed E-state index contributed by atoms with van der Waals surface area (Å²) in [7, 11) is 0. The number of rotatable bonds is 1. The lowest BCUT2D eigenvalue weighted by molar-refractivity contribution is 0.563. The van der Waals surface area contributed by atoms with E-state index >= 15 is 0 Å². The van der Waals surface area contributed by atoms with E-state index in [-0.39, 0.29) is 0 Å². The predicted octanol–water partition coefficient (Wildman–Crippen LogP) is 1.63. The maximum atomic E-state index is 10.2. The van der Waals surface area contributed by atoms with Crippen LogP contribution in [-0.4, -0.2) is 11.3 Å². The van der Waals surface area contributed by atoms with Gasteiger partial charge in [0.15, 0.2) is 0 Å². The summed E-state index contributed by atoms with van der Waals surface area (Å²) < 4.78 is 0. The lowest BCUT2D eigenvalue weighted by atomic mass is 10.2. The Morgan fingerprint density at radius 3 is 3.00 bits per heavy atom. The van der Waals surface area contributed by atoms with Gasteiger partial charge in [-0.15, -0.1) is 0 Å². The van der Waals surface area contributed by atoms with Crippen molar-refractivity contribution in [3.05, 3.63) is 36.0 Å². The Labute approximate surface area is 63.8 Å². The van der Waals surface area contributed by atoms with Crippen LogP contribution in [0.3, 0.4) is 0 Å². The number of H-pyrrole nitrogens is 1. The molecule has 2 nitrogen and oxygen atoms in total. The first-order chi connectivity index (χ1) is 5.40. The highest BCUT2D eigenvalue weighted by molar-refractivity contribution is 5.87. The standard InChI is InChI=1S/C9H6NO/c11-6-7-1-2-9-8(5-7)3-4-10-9/h1-5,10H. The lowest BCUT2D eigenvalue weighted by Gasteiger charge is -1.89. The van der Waals surface area contributed by atoms with Gasteiger partial charge in [-0.1, -0.05) is 0 Å². The highest BCUT2D eigenvalue weighted by Crippen LogP contribution is 2.12. The van der Waals surface area contributed by atoms with E-state index in [1.165, 1.54) is 0 Å². The molecule has 0 atom stereocenters. The molecule has 0 unspecified atom stereocenters. The average Bonchev–Trinajstić information content (AvgIpc) is 2.50. The van der Waals surface area contributed by atoms with Crippen LogP contribution in [0.25, 0.3) is 10.9 Å². The van der Waals surface area contributed by atoms with Crippen LogP contribution in [0, 0.1) is 0 Å². The minimum absolute atomic E-state index is 0.595. The maximum Gasteiger partial charge on any atom is 0.233 e. The van der Waals surface area contributed by atoms with Crippen LogP contribution in [0.15, 0.2) is 30.5 Å². The summed E-state index contributed by atoms with van der Waals surface area (Å²) in [5.41, 5.74) is 1.64. The van der Waals surface area contributed by atoms with E-state index in [4.69, 9.17) is 0 Å². The molecule has 1 aromatic carbocycles. The second-order valence-corrected chi connectivity index (χ2v) is 2.38. The van der Waals surface area contributed by atoms with Crippen LogP contribution in [0.1, 0.15) is 5.56 Å². The molecule has 1 aromatic heterocycles. The molecule has 1 N–H and O–H groups in total. The van der Waals surface area contributed by atoms with E-state index in [0.29, 0.717) is 5.56 Å².